The van der Waals surface area contributed by atoms with Gasteiger partial charge in [0.15, 0.2) is 0 Å². The van der Waals surface area contributed by atoms with Crippen LogP contribution in [0.4, 0.5) is 5.69 Å². The van der Waals surface area contributed by atoms with E-state index in [2.05, 4.69) is 39.3 Å². The van der Waals surface area contributed by atoms with Crippen molar-refractivity contribution in [2.24, 2.45) is 11.7 Å². The van der Waals surface area contributed by atoms with Crippen LogP contribution in [0.2, 0.25) is 0 Å². The predicted molar refractivity (Wildman–Crippen MR) is 111 cm³/mol. The Balaban J connectivity index is 0.00000240. The van der Waals surface area contributed by atoms with Crippen LogP contribution >= 0.6 is 12.4 Å². The summed E-state index contributed by atoms with van der Waals surface area (Å²) in [5.74, 6) is 1.74. The van der Waals surface area contributed by atoms with E-state index in [1.54, 1.807) is 12.1 Å². The molecule has 152 valence electrons. The van der Waals surface area contributed by atoms with Crippen molar-refractivity contribution in [2.75, 3.05) is 19.6 Å². The smallest absolute Gasteiger partial charge is 0.269 e. The fraction of sp³-hybridized carbons (Fsp3) is 0.300. The molecule has 2 N–H and O–H groups in total. The number of benzene rings is 2. The Morgan fingerprint density at radius 1 is 1.14 bits per heavy atom. The van der Waals surface area contributed by atoms with E-state index in [1.165, 1.54) is 17.7 Å². The normalized spacial score (nSPS) is 19.1. The molecule has 0 amide bonds. The van der Waals surface area contributed by atoms with Crippen molar-refractivity contribution in [3.63, 3.8) is 0 Å². The monoisotopic (exact) mass is 415 g/mol. The molecule has 2 aromatic carbocycles. The SMILES string of the molecule is Cl.NC[C@@H]1CN(Cc2nc(-c3ccc([N+](=O)[O-])cc3)no2)C[C@H]1c1ccccc1. The van der Waals surface area contributed by atoms with Crippen molar-refractivity contribution in [3.05, 3.63) is 76.2 Å². The first-order chi connectivity index (χ1) is 13.6. The first kappa shape index (κ1) is 20.9. The van der Waals surface area contributed by atoms with E-state index >= 15 is 0 Å². The first-order valence-corrected chi connectivity index (χ1v) is 9.19. The number of nitrogens with two attached hydrogens (primary N) is 1. The van der Waals surface area contributed by atoms with E-state index in [0.717, 1.165) is 13.1 Å². The fourth-order valence-corrected chi connectivity index (χ4v) is 3.77. The predicted octanol–water partition coefficient (Wildman–Crippen LogP) is 3.24. The van der Waals surface area contributed by atoms with Crippen molar-refractivity contribution >= 4 is 18.1 Å². The number of nitro groups is 1. The van der Waals surface area contributed by atoms with Crippen LogP contribution in [0.3, 0.4) is 0 Å². The number of likely N-dealkylation sites (tertiary alicyclic amines) is 1. The number of aromatic nitrogens is 2. The molecule has 1 saturated heterocycles. The zero-order valence-corrected chi connectivity index (χ0v) is 16.5. The molecule has 0 saturated carbocycles. The van der Waals surface area contributed by atoms with E-state index in [-0.39, 0.29) is 18.1 Å². The van der Waals surface area contributed by atoms with Crippen LogP contribution in [-0.4, -0.2) is 39.6 Å². The summed E-state index contributed by atoms with van der Waals surface area (Å²) in [6, 6.07) is 16.5. The maximum absolute atomic E-state index is 10.8. The Labute approximate surface area is 174 Å². The van der Waals surface area contributed by atoms with Gasteiger partial charge in [0.2, 0.25) is 11.7 Å². The summed E-state index contributed by atoms with van der Waals surface area (Å²) in [7, 11) is 0. The molecule has 8 nitrogen and oxygen atoms in total. The number of nitrogens with zero attached hydrogens (tertiary/aromatic N) is 4. The van der Waals surface area contributed by atoms with Crippen LogP contribution in [0.15, 0.2) is 59.1 Å². The molecule has 0 spiro atoms. The van der Waals surface area contributed by atoms with Gasteiger partial charge < -0.3 is 10.3 Å². The highest BCUT2D eigenvalue weighted by atomic mass is 35.5. The maximum Gasteiger partial charge on any atom is 0.269 e. The van der Waals surface area contributed by atoms with E-state index < -0.39 is 4.92 Å². The summed E-state index contributed by atoms with van der Waals surface area (Å²) in [5.41, 5.74) is 8.02. The number of hydrogen-bond donors (Lipinski definition) is 1. The third kappa shape index (κ3) is 4.61. The minimum absolute atomic E-state index is 0. The molecule has 1 fully saturated rings. The van der Waals surface area contributed by atoms with E-state index in [0.29, 0.717) is 42.2 Å². The first-order valence-electron chi connectivity index (χ1n) is 9.19. The molecule has 0 bridgehead atoms. The second-order valence-corrected chi connectivity index (χ2v) is 7.02. The quantitative estimate of drug-likeness (QED) is 0.485. The molecule has 1 aromatic heterocycles. The highest BCUT2D eigenvalue weighted by Crippen LogP contribution is 2.32. The third-order valence-electron chi connectivity index (χ3n) is 5.21. The van der Waals surface area contributed by atoms with Crippen LogP contribution in [0, 0.1) is 16.0 Å². The largest absolute Gasteiger partial charge is 0.338 e. The van der Waals surface area contributed by atoms with Gasteiger partial charge in [-0.3, -0.25) is 15.0 Å². The molecule has 0 aliphatic carbocycles. The second kappa shape index (κ2) is 9.13. The lowest BCUT2D eigenvalue weighted by Gasteiger charge is -2.16. The Hall–Kier alpha value is -2.81. The Morgan fingerprint density at radius 3 is 2.52 bits per heavy atom. The highest BCUT2D eigenvalue weighted by Gasteiger charge is 2.33. The minimum atomic E-state index is -0.435. The lowest BCUT2D eigenvalue weighted by molar-refractivity contribution is -0.384. The number of nitro benzene ring substituents is 1. The van der Waals surface area contributed by atoms with Gasteiger partial charge in [-0.2, -0.15) is 4.98 Å². The summed E-state index contributed by atoms with van der Waals surface area (Å²) in [5, 5.41) is 14.8. The Kier molecular flexibility index (Phi) is 6.58. The van der Waals surface area contributed by atoms with Gasteiger partial charge in [0, 0.05) is 36.7 Å². The molecule has 2 heterocycles. The number of rotatable bonds is 6. The molecule has 4 rings (SSSR count). The Bertz CT molecular complexity index is 948. The molecular formula is C20H22ClN5O3. The van der Waals surface area contributed by atoms with Gasteiger partial charge >= 0.3 is 0 Å². The summed E-state index contributed by atoms with van der Waals surface area (Å²) in [6.45, 7) is 2.96. The van der Waals surface area contributed by atoms with Crippen molar-refractivity contribution in [1.82, 2.24) is 15.0 Å². The summed E-state index contributed by atoms with van der Waals surface area (Å²) < 4.78 is 5.40. The molecular weight excluding hydrogens is 394 g/mol. The van der Waals surface area contributed by atoms with Crippen molar-refractivity contribution in [1.29, 1.82) is 0 Å². The van der Waals surface area contributed by atoms with E-state index in [9.17, 15) is 10.1 Å². The molecule has 0 radical (unpaired) electrons. The van der Waals surface area contributed by atoms with E-state index in [1.807, 2.05) is 6.07 Å². The highest BCUT2D eigenvalue weighted by molar-refractivity contribution is 5.85. The van der Waals surface area contributed by atoms with Gasteiger partial charge in [-0.15, -0.1) is 12.4 Å². The molecule has 9 heteroatoms. The third-order valence-corrected chi connectivity index (χ3v) is 5.21. The topological polar surface area (TPSA) is 111 Å². The van der Waals surface area contributed by atoms with Gasteiger partial charge in [0.25, 0.3) is 5.69 Å². The molecule has 29 heavy (non-hydrogen) atoms. The van der Waals surface area contributed by atoms with Gasteiger partial charge in [-0.05, 0) is 30.2 Å². The Morgan fingerprint density at radius 2 is 1.86 bits per heavy atom. The van der Waals surface area contributed by atoms with Crippen LogP contribution in [0.25, 0.3) is 11.4 Å². The average Bonchev–Trinajstić information content (AvgIpc) is 3.36. The van der Waals surface area contributed by atoms with Crippen LogP contribution in [-0.2, 0) is 6.54 Å². The minimum Gasteiger partial charge on any atom is -0.338 e. The fourth-order valence-electron chi connectivity index (χ4n) is 3.77. The lowest BCUT2D eigenvalue weighted by atomic mass is 9.89. The standard InChI is InChI=1S/C20H21N5O3.ClH/c21-10-16-11-24(12-18(16)14-4-2-1-3-5-14)13-19-22-20(23-28-19)15-6-8-17(9-7-15)25(26)27;/h1-9,16,18H,10-13,21H2;1H/t16-,18+;/m1./s1. The van der Waals surface area contributed by atoms with Crippen molar-refractivity contribution in [2.45, 2.75) is 12.5 Å². The van der Waals surface area contributed by atoms with Gasteiger partial charge in [-0.25, -0.2) is 0 Å². The number of halogens is 1. The van der Waals surface area contributed by atoms with Gasteiger partial charge in [0.1, 0.15) is 0 Å². The lowest BCUT2D eigenvalue weighted by Crippen LogP contribution is -2.23. The molecule has 3 aromatic rings. The van der Waals surface area contributed by atoms with Crippen LogP contribution in [0.1, 0.15) is 17.4 Å². The second-order valence-electron chi connectivity index (χ2n) is 7.02. The number of non-ortho nitro benzene ring substituents is 1. The van der Waals surface area contributed by atoms with Crippen LogP contribution in [0.5, 0.6) is 0 Å². The maximum atomic E-state index is 10.8. The zero-order valence-electron chi connectivity index (χ0n) is 15.7. The molecule has 0 unspecified atom stereocenters. The summed E-state index contributed by atoms with van der Waals surface area (Å²) in [4.78, 5) is 17.1. The molecule has 2 atom stereocenters. The summed E-state index contributed by atoms with van der Waals surface area (Å²) in [6.07, 6.45) is 0. The average molecular weight is 416 g/mol. The molecule has 1 aliphatic rings. The van der Waals surface area contributed by atoms with Gasteiger partial charge in [-0.1, -0.05) is 35.5 Å². The van der Waals surface area contributed by atoms with Gasteiger partial charge in [0.05, 0.1) is 11.5 Å². The zero-order chi connectivity index (χ0) is 19.5. The number of hydrogen-bond acceptors (Lipinski definition) is 7. The van der Waals surface area contributed by atoms with Crippen molar-refractivity contribution < 1.29 is 9.45 Å². The molecule has 1 aliphatic heterocycles. The van der Waals surface area contributed by atoms with Crippen LogP contribution < -0.4 is 5.73 Å². The summed E-state index contributed by atoms with van der Waals surface area (Å²) >= 11 is 0. The van der Waals surface area contributed by atoms with Crippen molar-refractivity contribution in [3.8, 4) is 11.4 Å². The van der Waals surface area contributed by atoms with E-state index in [4.69, 9.17) is 10.3 Å².